The van der Waals surface area contributed by atoms with Gasteiger partial charge in [-0.2, -0.15) is 0 Å². The number of ketones is 1. The smallest absolute Gasteiger partial charge is 0.246 e. The number of thiazole rings is 1. The molecule has 3 aromatic heterocycles. The quantitative estimate of drug-likeness (QED) is 0.0473. The number of H-pyrrole nitrogens is 1. The van der Waals surface area contributed by atoms with Gasteiger partial charge < -0.3 is 30.9 Å². The van der Waals surface area contributed by atoms with Crippen LogP contribution in [0.4, 0.5) is 20.2 Å². The predicted octanol–water partition coefficient (Wildman–Crippen LogP) is 7.24. The molecular formula is C50H54F2N8O8S2. The molecule has 20 heteroatoms. The molecule has 0 saturated carbocycles. The Balaban J connectivity index is 0.917. The number of aliphatic hydroxyl groups is 1. The molecule has 0 unspecified atom stereocenters. The Morgan fingerprint density at radius 3 is 2.31 bits per heavy atom. The Hall–Kier alpha value is -6.90. The molecular weight excluding hydrogens is 943 g/mol. The van der Waals surface area contributed by atoms with Crippen LogP contribution in [0.25, 0.3) is 32.6 Å². The summed E-state index contributed by atoms with van der Waals surface area (Å²) in [4.78, 5) is 81.2. The summed E-state index contributed by atoms with van der Waals surface area (Å²) >= 11 is 1.55. The van der Waals surface area contributed by atoms with E-state index in [0.717, 1.165) is 33.8 Å². The molecule has 1 saturated heterocycles. The number of benzene rings is 3. The maximum absolute atomic E-state index is 15.5. The van der Waals surface area contributed by atoms with Crippen molar-refractivity contribution in [2.45, 2.75) is 91.5 Å². The minimum Gasteiger partial charge on any atom is -0.391 e. The summed E-state index contributed by atoms with van der Waals surface area (Å²) in [6.45, 7) is 9.09. The van der Waals surface area contributed by atoms with Crippen molar-refractivity contribution in [2.75, 3.05) is 22.3 Å². The first-order valence-corrected chi connectivity index (χ1v) is 25.2. The highest BCUT2D eigenvalue weighted by atomic mass is 32.2. The largest absolute Gasteiger partial charge is 0.391 e. The summed E-state index contributed by atoms with van der Waals surface area (Å²) in [5.74, 6) is -5.57. The standard InChI is InChI=1S/C50H54F2N8O8S2/c1-6-20-70(67,68)59-38-19-18-37(51)42(43(38)52)44(64)36-25-54-47-35(36)21-32(24-53-47)30-14-16-33(17-15-30)57-40(62)8-7-9-41(63)58-46(50(3,4)5)49(66)60-26-34(61)22-39(60)48(65)55-23-29-10-12-31(13-11-29)45-28(2)56-27-69-45/h10-19,21,24-25,27,34,39,46,59,61H,6-9,20,22-23,26H2,1-5H3,(H,53,54)(H,55,65)(H,57,62)(H,58,63)/t34-,39+,46-/m1/s1. The van der Waals surface area contributed by atoms with E-state index < -0.39 is 80.0 Å². The fourth-order valence-electron chi connectivity index (χ4n) is 8.20. The third-order valence-corrected chi connectivity index (χ3v) is 14.3. The lowest BCUT2D eigenvalue weighted by Crippen LogP contribution is -2.57. The van der Waals surface area contributed by atoms with Gasteiger partial charge in [0.15, 0.2) is 5.82 Å². The molecule has 16 nitrogen and oxygen atoms in total. The van der Waals surface area contributed by atoms with Crippen molar-refractivity contribution in [2.24, 2.45) is 5.41 Å². The SMILES string of the molecule is CCCS(=O)(=O)Nc1ccc(F)c(C(=O)c2c[nH]c3ncc(-c4ccc(NC(=O)CCCC(=O)N[C@H](C(=O)N5C[C@H](O)C[C@H]5C(=O)NCc5ccc(-c6scnc6C)cc5)C(C)(C)C)cc4)cc23)c1F. The first-order valence-electron chi connectivity index (χ1n) is 22.7. The first kappa shape index (κ1) is 51.0. The predicted molar refractivity (Wildman–Crippen MR) is 263 cm³/mol. The van der Waals surface area contributed by atoms with E-state index in [1.807, 2.05) is 31.2 Å². The fourth-order valence-corrected chi connectivity index (χ4v) is 10.1. The number of carbonyl (C=O) groups is 5. The summed E-state index contributed by atoms with van der Waals surface area (Å²) < 4.78 is 57.2. The second-order valence-electron chi connectivity index (χ2n) is 18.3. The van der Waals surface area contributed by atoms with E-state index in [1.54, 1.807) is 74.9 Å². The van der Waals surface area contributed by atoms with Crippen molar-refractivity contribution in [3.05, 3.63) is 119 Å². The van der Waals surface area contributed by atoms with Gasteiger partial charge in [0.05, 0.1) is 39.2 Å². The zero-order valence-electron chi connectivity index (χ0n) is 39.2. The van der Waals surface area contributed by atoms with Crippen LogP contribution in [0.3, 0.4) is 0 Å². The summed E-state index contributed by atoms with van der Waals surface area (Å²) in [6.07, 6.45) is 2.26. The van der Waals surface area contributed by atoms with Crippen LogP contribution in [0.5, 0.6) is 0 Å². The molecule has 70 heavy (non-hydrogen) atoms. The molecule has 6 N–H and O–H groups in total. The molecule has 0 spiro atoms. The van der Waals surface area contributed by atoms with Crippen LogP contribution in [0.2, 0.25) is 0 Å². The van der Waals surface area contributed by atoms with Crippen molar-refractivity contribution < 1.29 is 46.3 Å². The van der Waals surface area contributed by atoms with Crippen molar-refractivity contribution in [3.63, 3.8) is 0 Å². The number of aliphatic hydroxyl groups excluding tert-OH is 1. The molecule has 7 rings (SSSR count). The van der Waals surface area contributed by atoms with Gasteiger partial charge in [-0.25, -0.2) is 27.2 Å². The van der Waals surface area contributed by atoms with Crippen molar-refractivity contribution in [3.8, 4) is 21.6 Å². The van der Waals surface area contributed by atoms with Crippen molar-refractivity contribution in [1.82, 2.24) is 30.5 Å². The van der Waals surface area contributed by atoms with E-state index in [2.05, 4.69) is 35.6 Å². The number of aryl methyl sites for hydroxylation is 1. The maximum Gasteiger partial charge on any atom is 0.246 e. The molecule has 0 radical (unpaired) electrons. The number of sulfonamides is 1. The minimum atomic E-state index is -3.94. The van der Waals surface area contributed by atoms with Gasteiger partial charge in [-0.1, -0.05) is 64.1 Å². The number of pyridine rings is 1. The van der Waals surface area contributed by atoms with E-state index >= 15 is 4.39 Å². The average molecular weight is 997 g/mol. The molecule has 6 aromatic rings. The van der Waals surface area contributed by atoms with Gasteiger partial charge in [0, 0.05) is 66.9 Å². The monoisotopic (exact) mass is 996 g/mol. The van der Waals surface area contributed by atoms with Gasteiger partial charge in [0.25, 0.3) is 0 Å². The Bertz CT molecular complexity index is 3040. The Morgan fingerprint density at radius 2 is 1.64 bits per heavy atom. The third kappa shape index (κ3) is 11.9. The average Bonchev–Trinajstić information content (AvgIpc) is 4.06. The molecule has 0 aliphatic carbocycles. The number of fused-ring (bicyclic) bond motifs is 1. The van der Waals surface area contributed by atoms with Gasteiger partial charge in [0.2, 0.25) is 39.4 Å². The van der Waals surface area contributed by atoms with Gasteiger partial charge in [0.1, 0.15) is 23.5 Å². The Kier molecular flexibility index (Phi) is 15.6. The number of aromatic nitrogens is 3. The number of hydrogen-bond acceptors (Lipinski definition) is 11. The Morgan fingerprint density at radius 1 is 0.943 bits per heavy atom. The van der Waals surface area contributed by atoms with Gasteiger partial charge in [-0.15, -0.1) is 11.3 Å². The molecule has 3 aromatic carbocycles. The zero-order valence-corrected chi connectivity index (χ0v) is 40.8. The lowest BCUT2D eigenvalue weighted by molar-refractivity contribution is -0.144. The van der Waals surface area contributed by atoms with Crippen LogP contribution in [0.1, 0.15) is 87.0 Å². The number of aromatic amines is 1. The van der Waals surface area contributed by atoms with Crippen molar-refractivity contribution in [1.29, 1.82) is 0 Å². The van der Waals surface area contributed by atoms with E-state index in [0.29, 0.717) is 16.8 Å². The molecule has 1 aliphatic rings. The van der Waals surface area contributed by atoms with E-state index in [-0.39, 0.29) is 73.5 Å². The number of anilines is 2. The van der Waals surface area contributed by atoms with E-state index in [9.17, 15) is 41.9 Å². The van der Waals surface area contributed by atoms with E-state index in [1.165, 1.54) is 17.3 Å². The molecule has 368 valence electrons. The molecule has 3 atom stereocenters. The van der Waals surface area contributed by atoms with Crippen LogP contribution < -0.4 is 20.7 Å². The zero-order chi connectivity index (χ0) is 50.5. The topological polar surface area (TPSA) is 233 Å². The number of hydrogen-bond donors (Lipinski definition) is 6. The molecule has 1 aliphatic heterocycles. The van der Waals surface area contributed by atoms with Crippen LogP contribution in [-0.4, -0.2) is 93.3 Å². The number of nitrogens with one attached hydrogen (secondary N) is 5. The normalized spacial score (nSPS) is 15.4. The second kappa shape index (κ2) is 21.4. The highest BCUT2D eigenvalue weighted by Crippen LogP contribution is 2.32. The van der Waals surface area contributed by atoms with E-state index in [4.69, 9.17) is 0 Å². The van der Waals surface area contributed by atoms with Gasteiger partial charge in [-0.05, 0) is 72.2 Å². The van der Waals surface area contributed by atoms with Crippen LogP contribution in [0.15, 0.2) is 84.6 Å². The molecule has 4 heterocycles. The first-order chi connectivity index (χ1) is 33.2. The number of rotatable bonds is 18. The maximum atomic E-state index is 15.5. The van der Waals surface area contributed by atoms with Gasteiger partial charge in [-0.3, -0.25) is 28.7 Å². The number of nitrogens with zero attached hydrogens (tertiary/aromatic N) is 3. The molecule has 0 bridgehead atoms. The summed E-state index contributed by atoms with van der Waals surface area (Å²) in [5.41, 5.74) is 4.16. The number of β-amino-alcohol motifs (C(OH)–C–C–N with tert-alkyl or cyclic N) is 1. The lowest BCUT2D eigenvalue weighted by atomic mass is 9.85. The molecule has 4 amide bonds. The third-order valence-electron chi connectivity index (χ3n) is 11.9. The lowest BCUT2D eigenvalue weighted by Gasteiger charge is -2.35. The molecule has 1 fully saturated rings. The highest BCUT2D eigenvalue weighted by Gasteiger charge is 2.44. The Labute approximate surface area is 407 Å². The van der Waals surface area contributed by atoms with Crippen LogP contribution >= 0.6 is 11.3 Å². The highest BCUT2D eigenvalue weighted by molar-refractivity contribution is 7.92. The summed E-state index contributed by atoms with van der Waals surface area (Å²) in [5, 5.41) is 19.4. The van der Waals surface area contributed by atoms with Gasteiger partial charge >= 0.3 is 0 Å². The summed E-state index contributed by atoms with van der Waals surface area (Å²) in [6, 6.07) is 15.8. The van der Waals surface area contributed by atoms with Crippen LogP contribution in [0, 0.1) is 24.0 Å². The number of halogens is 2. The minimum absolute atomic E-state index is 0.0168. The number of likely N-dealkylation sites (tertiary alicyclic amines) is 1. The second-order valence-corrected chi connectivity index (χ2v) is 21.0. The fraction of sp³-hybridized carbons (Fsp3) is 0.340. The number of carbonyl (C=O) groups excluding carboxylic acids is 5. The number of amides is 4. The summed E-state index contributed by atoms with van der Waals surface area (Å²) in [7, 11) is -3.94. The van der Waals surface area contributed by atoms with Crippen LogP contribution in [-0.2, 0) is 35.7 Å². The van der Waals surface area contributed by atoms with Crippen molar-refractivity contribution >= 4 is 73.2 Å².